The van der Waals surface area contributed by atoms with Gasteiger partial charge < -0.3 is 15.2 Å². The number of carbonyl (C=O) groups excluding carboxylic acids is 1. The van der Waals surface area contributed by atoms with Crippen LogP contribution < -0.4 is 10.1 Å². The van der Waals surface area contributed by atoms with Gasteiger partial charge in [0, 0.05) is 22.5 Å². The number of carbonyl (C=O) groups is 2. The van der Waals surface area contributed by atoms with Gasteiger partial charge in [-0.3, -0.25) is 4.79 Å². The van der Waals surface area contributed by atoms with Crippen LogP contribution in [0.15, 0.2) is 42.5 Å². The molecule has 138 valence electrons. The highest BCUT2D eigenvalue weighted by molar-refractivity contribution is 6.35. The second-order valence-electron chi connectivity index (χ2n) is 5.89. The Morgan fingerprint density at radius 3 is 2.65 bits per heavy atom. The molecule has 0 saturated carbocycles. The fourth-order valence-corrected chi connectivity index (χ4v) is 2.85. The maximum atomic E-state index is 12.3. The molecule has 0 saturated heterocycles. The zero-order valence-corrected chi connectivity index (χ0v) is 15.7. The van der Waals surface area contributed by atoms with Crippen LogP contribution in [-0.2, 0) is 22.6 Å². The van der Waals surface area contributed by atoms with E-state index in [-0.39, 0.29) is 11.8 Å². The number of nitrogens with one attached hydrogen (secondary N) is 1. The molecule has 0 fully saturated rings. The van der Waals surface area contributed by atoms with Crippen molar-refractivity contribution in [2.45, 2.75) is 19.9 Å². The number of carboxylic acids is 1. The van der Waals surface area contributed by atoms with E-state index in [0.717, 1.165) is 11.1 Å². The standard InChI is InChI=1S/C19H19Cl2NO4/c1-12(7-14-5-6-15(20)9-17(14)21)19(25)22-10-13-3-2-4-16(8-13)26-11-18(23)24/h2-6,8-9,12H,7,10-11H2,1H3,(H,22,25)(H,23,24). The first-order chi connectivity index (χ1) is 12.3. The predicted octanol–water partition coefficient (Wildman–Crippen LogP) is 3.95. The Bertz CT molecular complexity index is 795. The molecule has 1 amide bonds. The van der Waals surface area contributed by atoms with E-state index in [4.69, 9.17) is 33.0 Å². The molecule has 0 heterocycles. The van der Waals surface area contributed by atoms with Crippen molar-refractivity contribution in [2.24, 2.45) is 5.92 Å². The zero-order valence-electron chi connectivity index (χ0n) is 14.2. The highest BCUT2D eigenvalue weighted by Crippen LogP contribution is 2.23. The average molecular weight is 396 g/mol. The molecule has 2 N–H and O–H groups in total. The third-order valence-corrected chi connectivity index (χ3v) is 4.30. The maximum absolute atomic E-state index is 12.3. The van der Waals surface area contributed by atoms with Gasteiger partial charge in [-0.25, -0.2) is 4.79 Å². The fourth-order valence-electron chi connectivity index (χ4n) is 2.36. The quantitative estimate of drug-likeness (QED) is 0.709. The average Bonchev–Trinajstić information content (AvgIpc) is 2.60. The van der Waals surface area contributed by atoms with Gasteiger partial charge in [-0.1, -0.05) is 48.3 Å². The van der Waals surface area contributed by atoms with Gasteiger partial charge in [-0.15, -0.1) is 0 Å². The predicted molar refractivity (Wildman–Crippen MR) is 101 cm³/mol. The van der Waals surface area contributed by atoms with Crippen molar-refractivity contribution in [3.63, 3.8) is 0 Å². The van der Waals surface area contributed by atoms with Crippen molar-refractivity contribution < 1.29 is 19.4 Å². The first kappa shape index (κ1) is 20.1. The van der Waals surface area contributed by atoms with E-state index in [1.165, 1.54) is 0 Å². The molecule has 0 aliphatic carbocycles. The van der Waals surface area contributed by atoms with Crippen LogP contribution in [0, 0.1) is 5.92 Å². The monoisotopic (exact) mass is 395 g/mol. The number of amides is 1. The van der Waals surface area contributed by atoms with Gasteiger partial charge >= 0.3 is 5.97 Å². The lowest BCUT2D eigenvalue weighted by Crippen LogP contribution is -2.29. The van der Waals surface area contributed by atoms with E-state index in [9.17, 15) is 9.59 Å². The molecule has 0 aliphatic rings. The van der Waals surface area contributed by atoms with E-state index in [2.05, 4.69) is 5.32 Å². The minimum absolute atomic E-state index is 0.104. The van der Waals surface area contributed by atoms with E-state index < -0.39 is 12.6 Å². The lowest BCUT2D eigenvalue weighted by atomic mass is 10.00. The van der Waals surface area contributed by atoms with Crippen LogP contribution in [0.5, 0.6) is 5.75 Å². The molecule has 2 rings (SSSR count). The van der Waals surface area contributed by atoms with Crippen molar-refractivity contribution in [2.75, 3.05) is 6.61 Å². The number of halogens is 2. The normalized spacial score (nSPS) is 11.7. The lowest BCUT2D eigenvalue weighted by molar-refractivity contribution is -0.139. The number of benzene rings is 2. The largest absolute Gasteiger partial charge is 0.482 e. The van der Waals surface area contributed by atoms with Crippen LogP contribution >= 0.6 is 23.2 Å². The molecule has 7 heteroatoms. The molecule has 0 bridgehead atoms. The fraction of sp³-hybridized carbons (Fsp3) is 0.263. The molecule has 2 aromatic carbocycles. The van der Waals surface area contributed by atoms with Crippen LogP contribution in [0.3, 0.4) is 0 Å². The SMILES string of the molecule is CC(Cc1ccc(Cl)cc1Cl)C(=O)NCc1cccc(OCC(=O)O)c1. The third-order valence-electron chi connectivity index (χ3n) is 3.72. The summed E-state index contributed by atoms with van der Waals surface area (Å²) in [4.78, 5) is 22.9. The summed E-state index contributed by atoms with van der Waals surface area (Å²) < 4.78 is 5.13. The number of rotatable bonds is 8. The van der Waals surface area contributed by atoms with E-state index in [0.29, 0.717) is 28.8 Å². The van der Waals surface area contributed by atoms with E-state index >= 15 is 0 Å². The molecule has 1 atom stereocenters. The molecular weight excluding hydrogens is 377 g/mol. The maximum Gasteiger partial charge on any atom is 0.341 e. The van der Waals surface area contributed by atoms with Crippen LogP contribution in [0.25, 0.3) is 0 Å². The number of hydrogen-bond acceptors (Lipinski definition) is 3. The summed E-state index contributed by atoms with van der Waals surface area (Å²) in [5.74, 6) is -0.966. The van der Waals surface area contributed by atoms with Crippen LogP contribution in [0.4, 0.5) is 0 Å². The van der Waals surface area contributed by atoms with Gasteiger partial charge in [0.2, 0.25) is 5.91 Å². The Kier molecular flexibility index (Phi) is 7.30. The molecule has 26 heavy (non-hydrogen) atoms. The van der Waals surface area contributed by atoms with Gasteiger partial charge in [0.15, 0.2) is 6.61 Å². The first-order valence-corrected chi connectivity index (χ1v) is 8.76. The Morgan fingerprint density at radius 1 is 1.19 bits per heavy atom. The molecule has 0 aromatic heterocycles. The van der Waals surface area contributed by atoms with Crippen molar-refractivity contribution in [1.29, 1.82) is 0 Å². The third kappa shape index (κ3) is 6.24. The second-order valence-corrected chi connectivity index (χ2v) is 6.73. The summed E-state index contributed by atoms with van der Waals surface area (Å²) in [5.41, 5.74) is 1.68. The second kappa shape index (κ2) is 9.46. The van der Waals surface area contributed by atoms with Gasteiger partial charge in [0.1, 0.15) is 5.75 Å². The molecular formula is C19H19Cl2NO4. The molecule has 5 nitrogen and oxygen atoms in total. The smallest absolute Gasteiger partial charge is 0.341 e. The summed E-state index contributed by atoms with van der Waals surface area (Å²) >= 11 is 12.0. The highest BCUT2D eigenvalue weighted by atomic mass is 35.5. The summed E-state index contributed by atoms with van der Waals surface area (Å²) in [6, 6.07) is 12.2. The van der Waals surface area contributed by atoms with Gasteiger partial charge in [0.25, 0.3) is 0 Å². The van der Waals surface area contributed by atoms with Gasteiger partial charge in [-0.2, -0.15) is 0 Å². The van der Waals surface area contributed by atoms with Gasteiger partial charge in [0.05, 0.1) is 0 Å². The zero-order chi connectivity index (χ0) is 19.1. The highest BCUT2D eigenvalue weighted by Gasteiger charge is 2.15. The van der Waals surface area contributed by atoms with Crippen molar-refractivity contribution in [1.82, 2.24) is 5.32 Å². The van der Waals surface area contributed by atoms with Crippen LogP contribution in [0.1, 0.15) is 18.1 Å². The Balaban J connectivity index is 1.89. The van der Waals surface area contributed by atoms with E-state index in [1.54, 1.807) is 30.3 Å². The Hall–Kier alpha value is -2.24. The number of hydrogen-bond donors (Lipinski definition) is 2. The Morgan fingerprint density at radius 2 is 1.96 bits per heavy atom. The van der Waals surface area contributed by atoms with E-state index in [1.807, 2.05) is 19.1 Å². The molecule has 0 radical (unpaired) electrons. The molecule has 0 spiro atoms. The van der Waals surface area contributed by atoms with Crippen molar-refractivity contribution >= 4 is 35.1 Å². The van der Waals surface area contributed by atoms with Crippen LogP contribution in [0.2, 0.25) is 10.0 Å². The lowest BCUT2D eigenvalue weighted by Gasteiger charge is -2.14. The van der Waals surface area contributed by atoms with Crippen molar-refractivity contribution in [3.05, 3.63) is 63.6 Å². The summed E-state index contributed by atoms with van der Waals surface area (Å²) in [6.45, 7) is 1.74. The van der Waals surface area contributed by atoms with Crippen molar-refractivity contribution in [3.8, 4) is 5.75 Å². The molecule has 0 aliphatic heterocycles. The molecule has 1 unspecified atom stereocenters. The number of carboxylic acid groups (broad SMARTS) is 1. The Labute approximate surface area is 161 Å². The summed E-state index contributed by atoms with van der Waals surface area (Å²) in [6.07, 6.45) is 0.504. The topological polar surface area (TPSA) is 75.6 Å². The first-order valence-electron chi connectivity index (χ1n) is 8.00. The molecule has 2 aromatic rings. The number of aliphatic carboxylic acids is 1. The summed E-state index contributed by atoms with van der Waals surface area (Å²) in [7, 11) is 0. The minimum Gasteiger partial charge on any atom is -0.482 e. The summed E-state index contributed by atoms with van der Waals surface area (Å²) in [5, 5.41) is 12.6. The van der Waals surface area contributed by atoms with Crippen LogP contribution in [-0.4, -0.2) is 23.6 Å². The number of ether oxygens (including phenoxy) is 1. The minimum atomic E-state index is -1.04. The van der Waals surface area contributed by atoms with Gasteiger partial charge in [-0.05, 0) is 41.8 Å².